The van der Waals surface area contributed by atoms with Crippen molar-refractivity contribution in [2.45, 2.75) is 32.2 Å². The number of likely N-dealkylation sites (tertiary alicyclic amines) is 1. The average Bonchev–Trinajstić information content (AvgIpc) is 2.93. The van der Waals surface area contributed by atoms with E-state index in [1.54, 1.807) is 12.1 Å². The van der Waals surface area contributed by atoms with Gasteiger partial charge in [-0.15, -0.1) is 0 Å². The molecule has 0 aromatic heterocycles. The number of carbonyl (C=O) groups excluding carboxylic acids is 1. The summed E-state index contributed by atoms with van der Waals surface area (Å²) < 4.78 is 0. The highest BCUT2D eigenvalue weighted by Gasteiger charge is 2.17. The summed E-state index contributed by atoms with van der Waals surface area (Å²) in [4.78, 5) is 13.8. The Kier molecular flexibility index (Phi) is 4.80. The second-order valence-corrected chi connectivity index (χ2v) is 5.24. The molecule has 1 amide bonds. The molecule has 1 heterocycles. The van der Waals surface area contributed by atoms with Gasteiger partial charge in [0.1, 0.15) is 5.75 Å². The summed E-state index contributed by atoms with van der Waals surface area (Å²) in [6.07, 6.45) is 3.12. The molecule has 1 unspecified atom stereocenters. The number of amides is 1. The number of hydrogen-bond donors (Lipinski definition) is 2. The van der Waals surface area contributed by atoms with Crippen molar-refractivity contribution in [3.63, 3.8) is 0 Å². The van der Waals surface area contributed by atoms with Crippen LogP contribution < -0.4 is 5.32 Å². The van der Waals surface area contributed by atoms with E-state index in [4.69, 9.17) is 0 Å². The molecule has 4 nitrogen and oxygen atoms in total. The van der Waals surface area contributed by atoms with E-state index >= 15 is 0 Å². The molecule has 0 bridgehead atoms. The zero-order valence-corrected chi connectivity index (χ0v) is 11.4. The van der Waals surface area contributed by atoms with Crippen molar-refractivity contribution in [1.29, 1.82) is 0 Å². The molecular formula is C15H22N2O2. The van der Waals surface area contributed by atoms with Crippen LogP contribution in [0.1, 0.15) is 25.3 Å². The molecule has 4 heteroatoms. The van der Waals surface area contributed by atoms with Crippen LogP contribution in [0.15, 0.2) is 24.3 Å². The number of phenols is 1. The second kappa shape index (κ2) is 6.57. The Bertz CT molecular complexity index is 411. The first kappa shape index (κ1) is 13.9. The maximum atomic E-state index is 11.9. The zero-order chi connectivity index (χ0) is 13.7. The Morgan fingerprint density at radius 2 is 1.95 bits per heavy atom. The topological polar surface area (TPSA) is 52.6 Å². The molecule has 1 aliphatic heterocycles. The van der Waals surface area contributed by atoms with Crippen LogP contribution in [-0.2, 0) is 11.2 Å². The molecular weight excluding hydrogens is 240 g/mol. The average molecular weight is 262 g/mol. The fraction of sp³-hybridized carbons (Fsp3) is 0.533. The standard InChI is InChI=1S/C15H22N2O2/c1-12(10-13-4-6-14(18)7-5-13)16-11-15(19)17-8-2-3-9-17/h4-7,12,16,18H,2-3,8-11H2,1H3. The van der Waals surface area contributed by atoms with Gasteiger partial charge < -0.3 is 15.3 Å². The van der Waals surface area contributed by atoms with Gasteiger partial charge in [0.05, 0.1) is 6.54 Å². The molecule has 1 aromatic rings. The first-order valence-electron chi connectivity index (χ1n) is 6.94. The van der Waals surface area contributed by atoms with Gasteiger partial charge in [0, 0.05) is 19.1 Å². The monoisotopic (exact) mass is 262 g/mol. The van der Waals surface area contributed by atoms with Crippen LogP contribution in [0, 0.1) is 0 Å². The van der Waals surface area contributed by atoms with Gasteiger partial charge in [-0.3, -0.25) is 4.79 Å². The lowest BCUT2D eigenvalue weighted by atomic mass is 10.1. The molecule has 104 valence electrons. The molecule has 0 saturated carbocycles. The number of nitrogens with one attached hydrogen (secondary N) is 1. The lowest BCUT2D eigenvalue weighted by Crippen LogP contribution is -2.40. The van der Waals surface area contributed by atoms with Crippen molar-refractivity contribution in [3.05, 3.63) is 29.8 Å². The molecule has 0 aliphatic carbocycles. The minimum Gasteiger partial charge on any atom is -0.508 e. The van der Waals surface area contributed by atoms with Crippen LogP contribution >= 0.6 is 0 Å². The number of benzene rings is 1. The maximum absolute atomic E-state index is 11.9. The first-order valence-corrected chi connectivity index (χ1v) is 6.94. The Morgan fingerprint density at radius 1 is 1.32 bits per heavy atom. The van der Waals surface area contributed by atoms with E-state index in [0.717, 1.165) is 37.9 Å². The van der Waals surface area contributed by atoms with E-state index in [9.17, 15) is 9.90 Å². The van der Waals surface area contributed by atoms with E-state index in [1.165, 1.54) is 0 Å². The van der Waals surface area contributed by atoms with Gasteiger partial charge in [0.25, 0.3) is 0 Å². The van der Waals surface area contributed by atoms with E-state index in [0.29, 0.717) is 6.54 Å². The third-order valence-electron chi connectivity index (χ3n) is 3.54. The van der Waals surface area contributed by atoms with E-state index in [-0.39, 0.29) is 17.7 Å². The van der Waals surface area contributed by atoms with Crippen molar-refractivity contribution < 1.29 is 9.90 Å². The van der Waals surface area contributed by atoms with Gasteiger partial charge in [-0.1, -0.05) is 12.1 Å². The molecule has 2 rings (SSSR count). The molecule has 1 aliphatic rings. The van der Waals surface area contributed by atoms with Crippen LogP contribution in [0.25, 0.3) is 0 Å². The lowest BCUT2D eigenvalue weighted by molar-refractivity contribution is -0.129. The summed E-state index contributed by atoms with van der Waals surface area (Å²) >= 11 is 0. The quantitative estimate of drug-likeness (QED) is 0.846. The van der Waals surface area contributed by atoms with Crippen LogP contribution in [-0.4, -0.2) is 41.6 Å². The van der Waals surface area contributed by atoms with Crippen molar-refractivity contribution in [3.8, 4) is 5.75 Å². The van der Waals surface area contributed by atoms with Crippen LogP contribution in [0.4, 0.5) is 0 Å². The van der Waals surface area contributed by atoms with Gasteiger partial charge in [0.2, 0.25) is 5.91 Å². The molecule has 1 aromatic carbocycles. The third kappa shape index (κ3) is 4.24. The van der Waals surface area contributed by atoms with Crippen molar-refractivity contribution >= 4 is 5.91 Å². The summed E-state index contributed by atoms with van der Waals surface area (Å²) in [5, 5.41) is 12.5. The summed E-state index contributed by atoms with van der Waals surface area (Å²) in [7, 11) is 0. The van der Waals surface area contributed by atoms with Gasteiger partial charge in [-0.05, 0) is 43.9 Å². The van der Waals surface area contributed by atoms with Gasteiger partial charge >= 0.3 is 0 Å². The number of carbonyl (C=O) groups is 1. The highest BCUT2D eigenvalue weighted by molar-refractivity contribution is 5.78. The SMILES string of the molecule is CC(Cc1ccc(O)cc1)NCC(=O)N1CCCC1. The highest BCUT2D eigenvalue weighted by Crippen LogP contribution is 2.11. The summed E-state index contributed by atoms with van der Waals surface area (Å²) in [5.74, 6) is 0.489. The Morgan fingerprint density at radius 3 is 2.58 bits per heavy atom. The van der Waals surface area contributed by atoms with Crippen LogP contribution in [0.2, 0.25) is 0 Å². The van der Waals surface area contributed by atoms with Gasteiger partial charge in [0.15, 0.2) is 0 Å². The Balaban J connectivity index is 1.73. The number of rotatable bonds is 5. The smallest absolute Gasteiger partial charge is 0.236 e. The largest absolute Gasteiger partial charge is 0.508 e. The van der Waals surface area contributed by atoms with Gasteiger partial charge in [-0.2, -0.15) is 0 Å². The van der Waals surface area contributed by atoms with Gasteiger partial charge in [-0.25, -0.2) is 0 Å². The molecule has 1 saturated heterocycles. The Labute approximate surface area is 114 Å². The van der Waals surface area contributed by atoms with Crippen molar-refractivity contribution in [2.75, 3.05) is 19.6 Å². The lowest BCUT2D eigenvalue weighted by Gasteiger charge is -2.18. The highest BCUT2D eigenvalue weighted by atomic mass is 16.3. The minimum atomic E-state index is 0.204. The molecule has 1 atom stereocenters. The normalized spacial score (nSPS) is 16.6. The fourth-order valence-corrected chi connectivity index (χ4v) is 2.40. The molecule has 1 fully saturated rings. The number of aromatic hydroxyl groups is 1. The van der Waals surface area contributed by atoms with Crippen LogP contribution in [0.5, 0.6) is 5.75 Å². The number of hydrogen-bond acceptors (Lipinski definition) is 3. The van der Waals surface area contributed by atoms with Crippen molar-refractivity contribution in [2.24, 2.45) is 0 Å². The molecule has 2 N–H and O–H groups in total. The molecule has 0 spiro atoms. The fourth-order valence-electron chi connectivity index (χ4n) is 2.40. The molecule has 19 heavy (non-hydrogen) atoms. The Hall–Kier alpha value is -1.55. The predicted molar refractivity (Wildman–Crippen MR) is 75.1 cm³/mol. The number of phenolic OH excluding ortho intramolecular Hbond substituents is 1. The second-order valence-electron chi connectivity index (χ2n) is 5.24. The predicted octanol–water partition coefficient (Wildman–Crippen LogP) is 1.54. The van der Waals surface area contributed by atoms with Crippen LogP contribution in [0.3, 0.4) is 0 Å². The molecule has 0 radical (unpaired) electrons. The summed E-state index contributed by atoms with van der Waals surface area (Å²) in [6.45, 7) is 4.31. The van der Waals surface area contributed by atoms with Crippen molar-refractivity contribution in [1.82, 2.24) is 10.2 Å². The zero-order valence-electron chi connectivity index (χ0n) is 11.4. The minimum absolute atomic E-state index is 0.204. The first-order chi connectivity index (χ1) is 9.15. The van der Waals surface area contributed by atoms with E-state index < -0.39 is 0 Å². The number of nitrogens with zero attached hydrogens (tertiary/aromatic N) is 1. The van der Waals surface area contributed by atoms with E-state index in [1.807, 2.05) is 17.0 Å². The summed E-state index contributed by atoms with van der Waals surface area (Å²) in [5.41, 5.74) is 1.16. The third-order valence-corrected chi connectivity index (χ3v) is 3.54. The maximum Gasteiger partial charge on any atom is 0.236 e. The summed E-state index contributed by atoms with van der Waals surface area (Å²) in [6, 6.07) is 7.46. The van der Waals surface area contributed by atoms with E-state index in [2.05, 4.69) is 12.2 Å².